The summed E-state index contributed by atoms with van der Waals surface area (Å²) in [5.74, 6) is 0.772. The second-order valence-corrected chi connectivity index (χ2v) is 7.95. The molecule has 3 atom stereocenters. The van der Waals surface area contributed by atoms with Crippen LogP contribution in [0.3, 0.4) is 0 Å². The van der Waals surface area contributed by atoms with Crippen molar-refractivity contribution in [1.29, 1.82) is 0 Å². The van der Waals surface area contributed by atoms with Crippen molar-refractivity contribution in [2.45, 2.75) is 44.4 Å². The molecule has 0 aromatic heterocycles. The lowest BCUT2D eigenvalue weighted by Gasteiger charge is -2.35. The summed E-state index contributed by atoms with van der Waals surface area (Å²) in [6.07, 6.45) is 2.91. The van der Waals surface area contributed by atoms with Crippen LogP contribution in [0, 0.1) is 6.92 Å². The summed E-state index contributed by atoms with van der Waals surface area (Å²) in [5.41, 5.74) is 1.12. The van der Waals surface area contributed by atoms with Crippen LogP contribution < -0.4 is 14.8 Å². The van der Waals surface area contributed by atoms with E-state index in [1.807, 2.05) is 31.2 Å². The number of ether oxygens (including phenoxy) is 1. The topological polar surface area (TPSA) is 87.7 Å². The largest absolute Gasteiger partial charge is 0.488 e. The van der Waals surface area contributed by atoms with Crippen LogP contribution in [-0.2, 0) is 10.0 Å². The molecule has 1 aromatic rings. The highest BCUT2D eigenvalue weighted by Gasteiger charge is 2.32. The fourth-order valence-corrected chi connectivity index (χ4v) is 3.32. The van der Waals surface area contributed by atoms with E-state index < -0.39 is 16.1 Å². The normalized spacial score (nSPS) is 25.3. The third-order valence-electron chi connectivity index (χ3n) is 3.97. The first-order chi connectivity index (χ1) is 10.8. The summed E-state index contributed by atoms with van der Waals surface area (Å²) in [4.78, 5) is 0. The lowest BCUT2D eigenvalue weighted by molar-refractivity contribution is -0.0150. The van der Waals surface area contributed by atoms with Gasteiger partial charge in [0.2, 0.25) is 10.0 Å². The van der Waals surface area contributed by atoms with Gasteiger partial charge in [-0.3, -0.25) is 0 Å². The molecule has 7 heteroatoms. The van der Waals surface area contributed by atoms with E-state index >= 15 is 0 Å². The third kappa shape index (κ3) is 6.10. The predicted octanol–water partition coefficient (Wildman–Crippen LogP) is 0.795. The maximum atomic E-state index is 11.0. The molecule has 23 heavy (non-hydrogen) atoms. The number of nitrogens with one attached hydrogen (secondary N) is 2. The highest BCUT2D eigenvalue weighted by molar-refractivity contribution is 7.88. The number of aliphatic hydroxyl groups is 1. The predicted molar refractivity (Wildman–Crippen MR) is 90.1 cm³/mol. The first-order valence-corrected chi connectivity index (χ1v) is 9.84. The molecular formula is C16H26N2O4S. The van der Waals surface area contributed by atoms with E-state index in [0.29, 0.717) is 13.1 Å². The van der Waals surface area contributed by atoms with Gasteiger partial charge >= 0.3 is 0 Å². The summed E-state index contributed by atoms with van der Waals surface area (Å²) >= 11 is 0. The molecule has 0 aliphatic heterocycles. The Kier molecular flexibility index (Phi) is 6.41. The fourth-order valence-electron chi connectivity index (χ4n) is 2.85. The Balaban J connectivity index is 1.84. The summed E-state index contributed by atoms with van der Waals surface area (Å²) in [7, 11) is -3.17. The van der Waals surface area contributed by atoms with Crippen molar-refractivity contribution in [1.82, 2.24) is 10.0 Å². The molecule has 2 rings (SSSR count). The van der Waals surface area contributed by atoms with Gasteiger partial charge in [-0.15, -0.1) is 0 Å². The van der Waals surface area contributed by atoms with Gasteiger partial charge in [0, 0.05) is 19.1 Å². The van der Waals surface area contributed by atoms with E-state index in [9.17, 15) is 13.5 Å². The third-order valence-corrected chi connectivity index (χ3v) is 4.70. The van der Waals surface area contributed by atoms with Crippen LogP contribution in [0.25, 0.3) is 0 Å². The monoisotopic (exact) mass is 342 g/mol. The van der Waals surface area contributed by atoms with Crippen LogP contribution in [0.2, 0.25) is 0 Å². The van der Waals surface area contributed by atoms with Gasteiger partial charge in [-0.2, -0.15) is 0 Å². The Morgan fingerprint density at radius 2 is 2.09 bits per heavy atom. The number of hydrogen-bond donors (Lipinski definition) is 3. The molecule has 0 spiro atoms. The van der Waals surface area contributed by atoms with Crippen LogP contribution in [0.4, 0.5) is 0 Å². The van der Waals surface area contributed by atoms with Gasteiger partial charge in [-0.25, -0.2) is 13.1 Å². The minimum absolute atomic E-state index is 0.0834. The minimum atomic E-state index is -3.17. The van der Waals surface area contributed by atoms with Crippen LogP contribution in [0.15, 0.2) is 24.3 Å². The Morgan fingerprint density at radius 1 is 1.30 bits per heavy atom. The molecule has 0 radical (unpaired) electrons. The summed E-state index contributed by atoms with van der Waals surface area (Å²) in [5, 5.41) is 13.7. The Labute approximate surface area is 138 Å². The van der Waals surface area contributed by atoms with Crippen molar-refractivity contribution in [2.24, 2.45) is 0 Å². The van der Waals surface area contributed by atoms with Gasteiger partial charge in [0.05, 0.1) is 6.26 Å². The Bertz CT molecular complexity index is 606. The van der Waals surface area contributed by atoms with E-state index in [-0.39, 0.29) is 12.1 Å². The molecule has 1 aliphatic carbocycles. The van der Waals surface area contributed by atoms with Gasteiger partial charge in [0.15, 0.2) is 0 Å². The summed E-state index contributed by atoms with van der Waals surface area (Å²) < 4.78 is 30.4. The van der Waals surface area contributed by atoms with Gasteiger partial charge < -0.3 is 15.2 Å². The zero-order chi connectivity index (χ0) is 16.9. The molecule has 0 amide bonds. The number of aliphatic hydroxyl groups excluding tert-OH is 1. The molecule has 1 aromatic carbocycles. The van der Waals surface area contributed by atoms with Gasteiger partial charge in [-0.1, -0.05) is 12.1 Å². The van der Waals surface area contributed by atoms with Crippen molar-refractivity contribution in [3.63, 3.8) is 0 Å². The second kappa shape index (κ2) is 8.10. The maximum absolute atomic E-state index is 11.0. The Hall–Kier alpha value is -1.15. The zero-order valence-electron chi connectivity index (χ0n) is 13.7. The highest BCUT2D eigenvalue weighted by atomic mass is 32.2. The lowest BCUT2D eigenvalue weighted by atomic mass is 9.90. The number of rotatable bonds is 7. The molecule has 3 N–H and O–H groups in total. The van der Waals surface area contributed by atoms with E-state index in [4.69, 9.17) is 4.74 Å². The molecule has 6 nitrogen and oxygen atoms in total. The highest BCUT2D eigenvalue weighted by Crippen LogP contribution is 2.24. The molecule has 0 saturated heterocycles. The fraction of sp³-hybridized carbons (Fsp3) is 0.625. The van der Waals surface area contributed by atoms with E-state index in [2.05, 4.69) is 10.0 Å². The quantitative estimate of drug-likeness (QED) is 0.638. The standard InChI is InChI=1S/C16H26N2O4S/c1-12-5-3-6-13(11-12)22-15-8-4-7-14(16(15)19)17-9-10-18-23(2,20)21/h3,5-6,11,14-19H,4,7-10H2,1-2H3/t14-,15+,16+/m0/s1. The van der Waals surface area contributed by atoms with Gasteiger partial charge in [-0.05, 0) is 43.9 Å². The second-order valence-electron chi connectivity index (χ2n) is 6.12. The van der Waals surface area contributed by atoms with Crippen molar-refractivity contribution >= 4 is 10.0 Å². The number of sulfonamides is 1. The van der Waals surface area contributed by atoms with E-state index in [1.54, 1.807) is 0 Å². The summed E-state index contributed by atoms with van der Waals surface area (Å²) in [6.45, 7) is 2.79. The zero-order valence-corrected chi connectivity index (χ0v) is 14.5. The molecule has 0 heterocycles. The molecule has 0 unspecified atom stereocenters. The first kappa shape index (κ1) is 18.2. The van der Waals surface area contributed by atoms with Crippen LogP contribution in [0.5, 0.6) is 5.75 Å². The Morgan fingerprint density at radius 3 is 2.78 bits per heavy atom. The smallest absolute Gasteiger partial charge is 0.208 e. The molecule has 0 bridgehead atoms. The SMILES string of the molecule is Cc1cccc(O[C@@H]2CCC[C@H](NCCNS(C)(=O)=O)[C@H]2O)c1. The lowest BCUT2D eigenvalue weighted by Crippen LogP contribution is -2.52. The maximum Gasteiger partial charge on any atom is 0.208 e. The van der Waals surface area contributed by atoms with Crippen molar-refractivity contribution in [3.8, 4) is 5.75 Å². The first-order valence-electron chi connectivity index (χ1n) is 7.94. The molecule has 1 saturated carbocycles. The van der Waals surface area contributed by atoms with E-state index in [1.165, 1.54) is 0 Å². The van der Waals surface area contributed by atoms with Crippen molar-refractivity contribution in [3.05, 3.63) is 29.8 Å². The van der Waals surface area contributed by atoms with Crippen molar-refractivity contribution < 1.29 is 18.3 Å². The number of benzene rings is 1. The average molecular weight is 342 g/mol. The van der Waals surface area contributed by atoms with Crippen LogP contribution >= 0.6 is 0 Å². The van der Waals surface area contributed by atoms with Crippen molar-refractivity contribution in [2.75, 3.05) is 19.3 Å². The van der Waals surface area contributed by atoms with Crippen LogP contribution in [-0.4, -0.2) is 51.1 Å². The van der Waals surface area contributed by atoms with E-state index in [0.717, 1.165) is 36.8 Å². The molecular weight excluding hydrogens is 316 g/mol. The van der Waals surface area contributed by atoms with Gasteiger partial charge in [0.1, 0.15) is 18.0 Å². The molecule has 130 valence electrons. The minimum Gasteiger partial charge on any atom is -0.488 e. The van der Waals surface area contributed by atoms with Crippen LogP contribution in [0.1, 0.15) is 24.8 Å². The number of aryl methyl sites for hydroxylation is 1. The average Bonchev–Trinajstić information content (AvgIpc) is 2.46. The number of hydrogen-bond acceptors (Lipinski definition) is 5. The summed E-state index contributed by atoms with van der Waals surface area (Å²) in [6, 6.07) is 7.71. The molecule has 1 fully saturated rings. The molecule has 1 aliphatic rings. The van der Waals surface area contributed by atoms with Gasteiger partial charge in [0.25, 0.3) is 0 Å².